The van der Waals surface area contributed by atoms with Crippen LogP contribution in [0.2, 0.25) is 0 Å². The molecule has 0 aliphatic carbocycles. The molecule has 2 heterocycles. The molecular formula is C11H15N3O4S. The van der Waals surface area contributed by atoms with Crippen LogP contribution in [-0.2, 0) is 4.74 Å². The highest BCUT2D eigenvalue weighted by Crippen LogP contribution is 2.25. The molecule has 7 nitrogen and oxygen atoms in total. The van der Waals surface area contributed by atoms with E-state index in [1.165, 1.54) is 12.1 Å². The number of carbonyl (C=O) groups is 1. The number of nitrogens with zero attached hydrogens (tertiary/aromatic N) is 2. The van der Waals surface area contributed by atoms with Crippen molar-refractivity contribution in [2.45, 2.75) is 6.10 Å². The molecule has 1 N–H and O–H groups in total. The molecule has 1 aromatic heterocycles. The quantitative estimate of drug-likeness (QED) is 0.651. The van der Waals surface area contributed by atoms with Crippen molar-refractivity contribution in [3.05, 3.63) is 27.1 Å². The second-order valence-electron chi connectivity index (χ2n) is 4.20. The van der Waals surface area contributed by atoms with E-state index < -0.39 is 4.92 Å². The molecule has 104 valence electrons. The van der Waals surface area contributed by atoms with Gasteiger partial charge in [-0.2, -0.15) is 0 Å². The van der Waals surface area contributed by atoms with E-state index in [2.05, 4.69) is 5.32 Å². The van der Waals surface area contributed by atoms with E-state index in [-0.39, 0.29) is 17.0 Å². The van der Waals surface area contributed by atoms with Crippen LogP contribution in [0.5, 0.6) is 0 Å². The summed E-state index contributed by atoms with van der Waals surface area (Å²) in [7, 11) is 1.83. The molecular weight excluding hydrogens is 270 g/mol. The fraction of sp³-hybridized carbons (Fsp3) is 0.545. The summed E-state index contributed by atoms with van der Waals surface area (Å²) >= 11 is 0.911. The van der Waals surface area contributed by atoms with Crippen molar-refractivity contribution in [1.29, 1.82) is 0 Å². The summed E-state index contributed by atoms with van der Waals surface area (Å²) in [5, 5.41) is 13.6. The third-order valence-corrected chi connectivity index (χ3v) is 3.87. The van der Waals surface area contributed by atoms with Crippen LogP contribution in [0.25, 0.3) is 0 Å². The normalized spacial score (nSPS) is 19.4. The van der Waals surface area contributed by atoms with Crippen molar-refractivity contribution in [1.82, 2.24) is 10.2 Å². The van der Waals surface area contributed by atoms with Crippen LogP contribution in [0, 0.1) is 10.1 Å². The Morgan fingerprint density at radius 2 is 2.47 bits per heavy atom. The Hall–Kier alpha value is -1.51. The highest BCUT2D eigenvalue weighted by Gasteiger charge is 2.26. The summed E-state index contributed by atoms with van der Waals surface area (Å²) < 4.78 is 5.52. The van der Waals surface area contributed by atoms with Crippen LogP contribution in [0.4, 0.5) is 5.00 Å². The van der Waals surface area contributed by atoms with Crippen LogP contribution in [0.3, 0.4) is 0 Å². The van der Waals surface area contributed by atoms with Crippen LogP contribution in [-0.4, -0.2) is 55.1 Å². The van der Waals surface area contributed by atoms with Gasteiger partial charge in [-0.3, -0.25) is 14.9 Å². The van der Waals surface area contributed by atoms with E-state index in [9.17, 15) is 14.9 Å². The zero-order valence-electron chi connectivity index (χ0n) is 10.5. The highest BCUT2D eigenvalue weighted by atomic mass is 32.1. The number of thiophene rings is 1. The molecule has 2 rings (SSSR count). The summed E-state index contributed by atoms with van der Waals surface area (Å²) in [4.78, 5) is 24.4. The van der Waals surface area contributed by atoms with E-state index >= 15 is 0 Å². The van der Waals surface area contributed by atoms with Crippen molar-refractivity contribution < 1.29 is 14.5 Å². The zero-order valence-corrected chi connectivity index (χ0v) is 11.3. The van der Waals surface area contributed by atoms with Crippen LogP contribution in [0.1, 0.15) is 9.67 Å². The van der Waals surface area contributed by atoms with Gasteiger partial charge in [0.2, 0.25) is 0 Å². The van der Waals surface area contributed by atoms with E-state index in [4.69, 9.17) is 4.74 Å². The minimum Gasteiger partial charge on any atom is -0.373 e. The molecule has 1 aliphatic heterocycles. The minimum atomic E-state index is -0.482. The maximum absolute atomic E-state index is 12.2. The maximum atomic E-state index is 12.2. The van der Waals surface area contributed by atoms with Gasteiger partial charge in [0.15, 0.2) is 0 Å². The molecule has 1 atom stereocenters. The summed E-state index contributed by atoms with van der Waals surface area (Å²) in [5.74, 6) is -0.164. The average Bonchev–Trinajstić information content (AvgIpc) is 2.88. The smallest absolute Gasteiger partial charge is 0.324 e. The van der Waals surface area contributed by atoms with Gasteiger partial charge in [-0.1, -0.05) is 11.3 Å². The lowest BCUT2D eigenvalue weighted by Crippen LogP contribution is -2.48. The standard InChI is InChI=1S/C11H15N3O4S/c1-12-6-8-7-13(4-5-18-8)11(15)9-2-3-10(19-9)14(16)17/h2-3,8,12H,4-7H2,1H3. The van der Waals surface area contributed by atoms with Gasteiger partial charge in [0.05, 0.1) is 22.5 Å². The van der Waals surface area contributed by atoms with Crippen molar-refractivity contribution in [3.8, 4) is 0 Å². The summed E-state index contributed by atoms with van der Waals surface area (Å²) in [5.41, 5.74) is 0. The number of rotatable bonds is 4. The minimum absolute atomic E-state index is 0.0108. The van der Waals surface area contributed by atoms with Crippen LogP contribution >= 0.6 is 11.3 Å². The van der Waals surface area contributed by atoms with Gasteiger partial charge in [-0.25, -0.2) is 0 Å². The Balaban J connectivity index is 2.03. The second kappa shape index (κ2) is 6.09. The van der Waals surface area contributed by atoms with Gasteiger partial charge in [-0.15, -0.1) is 0 Å². The third-order valence-electron chi connectivity index (χ3n) is 2.84. The largest absolute Gasteiger partial charge is 0.373 e. The molecule has 1 amide bonds. The van der Waals surface area contributed by atoms with Crippen LogP contribution < -0.4 is 5.32 Å². The molecule has 0 radical (unpaired) electrons. The third kappa shape index (κ3) is 3.28. The molecule has 1 saturated heterocycles. The lowest BCUT2D eigenvalue weighted by molar-refractivity contribution is -0.380. The van der Waals surface area contributed by atoms with E-state index in [0.717, 1.165) is 11.3 Å². The Labute approximate surface area is 114 Å². The first-order chi connectivity index (χ1) is 9.11. The first-order valence-corrected chi connectivity index (χ1v) is 6.73. The number of carbonyl (C=O) groups excluding carboxylic acids is 1. The van der Waals surface area contributed by atoms with Gasteiger partial charge in [-0.05, 0) is 13.1 Å². The monoisotopic (exact) mass is 285 g/mol. The predicted octanol–water partition coefficient (Wildman–Crippen LogP) is 0.717. The molecule has 1 unspecified atom stereocenters. The van der Waals surface area contributed by atoms with E-state index in [1.54, 1.807) is 4.90 Å². The molecule has 1 fully saturated rings. The lowest BCUT2D eigenvalue weighted by atomic mass is 10.2. The van der Waals surface area contributed by atoms with Gasteiger partial charge in [0.25, 0.3) is 5.91 Å². The molecule has 0 aromatic carbocycles. The lowest BCUT2D eigenvalue weighted by Gasteiger charge is -2.32. The van der Waals surface area contributed by atoms with Crippen molar-refractivity contribution in [2.75, 3.05) is 33.3 Å². The van der Waals surface area contributed by atoms with Crippen molar-refractivity contribution >= 4 is 22.2 Å². The number of nitrogens with one attached hydrogen (secondary N) is 1. The molecule has 8 heteroatoms. The number of ether oxygens (including phenoxy) is 1. The van der Waals surface area contributed by atoms with Crippen molar-refractivity contribution in [3.63, 3.8) is 0 Å². The average molecular weight is 285 g/mol. The fourth-order valence-electron chi connectivity index (χ4n) is 1.95. The Morgan fingerprint density at radius 1 is 1.68 bits per heavy atom. The molecule has 0 spiro atoms. The number of morpholine rings is 1. The topological polar surface area (TPSA) is 84.7 Å². The SMILES string of the molecule is CNCC1CN(C(=O)c2ccc([N+](=O)[O-])s2)CCO1. The fourth-order valence-corrected chi connectivity index (χ4v) is 2.74. The highest BCUT2D eigenvalue weighted by molar-refractivity contribution is 7.17. The first-order valence-electron chi connectivity index (χ1n) is 5.91. The number of hydrogen-bond donors (Lipinski definition) is 1. The molecule has 19 heavy (non-hydrogen) atoms. The Kier molecular flexibility index (Phi) is 4.46. The number of amides is 1. The van der Waals surface area contributed by atoms with Gasteiger partial charge in [0.1, 0.15) is 0 Å². The molecule has 0 bridgehead atoms. The van der Waals surface area contributed by atoms with Crippen molar-refractivity contribution in [2.24, 2.45) is 0 Å². The summed E-state index contributed by atoms with van der Waals surface area (Å²) in [6.07, 6.45) is -0.0300. The predicted molar refractivity (Wildman–Crippen MR) is 70.5 cm³/mol. The molecule has 1 aromatic rings. The maximum Gasteiger partial charge on any atom is 0.324 e. The Bertz CT molecular complexity index is 474. The Morgan fingerprint density at radius 3 is 3.11 bits per heavy atom. The zero-order chi connectivity index (χ0) is 13.8. The summed E-state index contributed by atoms with van der Waals surface area (Å²) in [6.45, 7) is 2.19. The second-order valence-corrected chi connectivity index (χ2v) is 5.26. The number of likely N-dealkylation sites (N-methyl/N-ethyl adjacent to an activating group) is 1. The number of nitro groups is 1. The van der Waals surface area contributed by atoms with Gasteiger partial charge >= 0.3 is 5.00 Å². The molecule has 0 saturated carbocycles. The van der Waals surface area contributed by atoms with E-state index in [1.807, 2.05) is 7.05 Å². The summed E-state index contributed by atoms with van der Waals surface area (Å²) in [6, 6.07) is 2.87. The van der Waals surface area contributed by atoms with Gasteiger partial charge in [0, 0.05) is 25.7 Å². The number of hydrogen-bond acceptors (Lipinski definition) is 6. The van der Waals surface area contributed by atoms with Gasteiger partial charge < -0.3 is 15.0 Å². The van der Waals surface area contributed by atoms with E-state index in [0.29, 0.717) is 31.1 Å². The first kappa shape index (κ1) is 13.9. The molecule has 1 aliphatic rings. The van der Waals surface area contributed by atoms with Crippen LogP contribution in [0.15, 0.2) is 12.1 Å².